The quantitative estimate of drug-likeness (QED) is 0.376. The second kappa shape index (κ2) is 10.1. The molecule has 0 aliphatic carbocycles. The van der Waals surface area contributed by atoms with Gasteiger partial charge in [-0.25, -0.2) is 4.39 Å². The number of likely N-dealkylation sites (tertiary alicyclic amines) is 1. The molecule has 40 heavy (non-hydrogen) atoms. The first-order valence-corrected chi connectivity index (χ1v) is 14.4. The van der Waals surface area contributed by atoms with Crippen molar-refractivity contribution in [2.45, 2.75) is 56.8 Å². The minimum absolute atomic E-state index is 0.266. The third kappa shape index (κ3) is 4.49. The summed E-state index contributed by atoms with van der Waals surface area (Å²) in [6, 6.07) is 8.72. The number of nitrogens with one attached hydrogen (secondary N) is 1. The van der Waals surface area contributed by atoms with Crippen molar-refractivity contribution in [3.63, 3.8) is 0 Å². The van der Waals surface area contributed by atoms with E-state index in [4.69, 9.17) is 26.9 Å². The Balaban J connectivity index is 1.26. The summed E-state index contributed by atoms with van der Waals surface area (Å²) in [5.41, 5.74) is 10.2. The molecule has 4 aliphatic heterocycles. The normalized spacial score (nSPS) is 24.4. The number of aromatic nitrogens is 2. The Kier molecular flexibility index (Phi) is 6.40. The van der Waals surface area contributed by atoms with Crippen LogP contribution in [0.2, 0.25) is 0 Å². The van der Waals surface area contributed by atoms with E-state index >= 15 is 0 Å². The van der Waals surface area contributed by atoms with Crippen LogP contribution in [0.1, 0.15) is 42.5 Å². The molecule has 8 nitrogen and oxygen atoms in total. The van der Waals surface area contributed by atoms with Crippen molar-refractivity contribution in [1.29, 1.82) is 0 Å². The minimum atomic E-state index is -0.399. The van der Waals surface area contributed by atoms with Crippen LogP contribution in [0, 0.1) is 18.2 Å². The maximum atomic E-state index is 14.8. The van der Waals surface area contributed by atoms with Crippen LogP contribution >= 0.6 is 0 Å². The van der Waals surface area contributed by atoms with Gasteiger partial charge in [0, 0.05) is 60.1 Å². The van der Waals surface area contributed by atoms with Gasteiger partial charge < -0.3 is 30.5 Å². The molecule has 0 radical (unpaired) electrons. The number of fused-ring (bicyclic) bond motifs is 4. The number of terminal acetylenes is 1. The van der Waals surface area contributed by atoms with Crippen molar-refractivity contribution in [3.05, 3.63) is 46.9 Å². The number of hydrogen-bond acceptors (Lipinski definition) is 8. The van der Waals surface area contributed by atoms with E-state index in [0.717, 1.165) is 61.6 Å². The van der Waals surface area contributed by atoms with Gasteiger partial charge in [0.2, 0.25) is 0 Å². The molecule has 2 bridgehead atoms. The molecule has 4 aliphatic rings. The third-order valence-corrected chi connectivity index (χ3v) is 9.17. The fourth-order valence-electron chi connectivity index (χ4n) is 7.08. The summed E-state index contributed by atoms with van der Waals surface area (Å²) < 4.78 is 21.1. The highest BCUT2D eigenvalue weighted by Gasteiger charge is 2.35. The van der Waals surface area contributed by atoms with Gasteiger partial charge in [0.25, 0.3) is 0 Å². The van der Waals surface area contributed by atoms with Gasteiger partial charge in [-0.2, -0.15) is 9.97 Å². The van der Waals surface area contributed by atoms with E-state index in [0.29, 0.717) is 48.4 Å². The zero-order valence-electron chi connectivity index (χ0n) is 23.0. The van der Waals surface area contributed by atoms with Crippen molar-refractivity contribution in [2.24, 2.45) is 0 Å². The summed E-state index contributed by atoms with van der Waals surface area (Å²) in [5.74, 6) is 3.18. The summed E-state index contributed by atoms with van der Waals surface area (Å²) >= 11 is 0. The van der Waals surface area contributed by atoms with Gasteiger partial charge >= 0.3 is 6.01 Å². The van der Waals surface area contributed by atoms with Gasteiger partial charge in [0.1, 0.15) is 18.2 Å². The molecular formula is C31H36FN7O. The van der Waals surface area contributed by atoms with Gasteiger partial charge in [-0.3, -0.25) is 0 Å². The summed E-state index contributed by atoms with van der Waals surface area (Å²) in [6.45, 7) is 4.84. The number of nitrogen functional groups attached to an aromatic ring is 1. The van der Waals surface area contributed by atoms with Crippen molar-refractivity contribution in [1.82, 2.24) is 20.2 Å². The largest absolute Gasteiger partial charge is 0.462 e. The molecule has 3 aromatic rings. The Bertz CT molecular complexity index is 1490. The number of likely N-dealkylation sites (N-methyl/N-ethyl adjacent to an activating group) is 1. The molecule has 0 amide bonds. The van der Waals surface area contributed by atoms with E-state index in [1.165, 1.54) is 30.9 Å². The van der Waals surface area contributed by atoms with Crippen LogP contribution in [0.4, 0.5) is 21.6 Å². The summed E-state index contributed by atoms with van der Waals surface area (Å²) in [6.07, 6.45) is 11.3. The Morgan fingerprint density at radius 1 is 1.12 bits per heavy atom. The van der Waals surface area contributed by atoms with E-state index in [2.05, 4.69) is 33.0 Å². The number of nitrogens with two attached hydrogens (primary N) is 1. The molecule has 9 heteroatoms. The highest BCUT2D eigenvalue weighted by Crippen LogP contribution is 2.38. The lowest BCUT2D eigenvalue weighted by Gasteiger charge is -2.37. The lowest BCUT2D eigenvalue weighted by Crippen LogP contribution is -2.52. The molecule has 3 N–H and O–H groups in total. The molecule has 0 spiro atoms. The zero-order chi connectivity index (χ0) is 27.4. The van der Waals surface area contributed by atoms with Crippen molar-refractivity contribution < 1.29 is 9.13 Å². The zero-order valence-corrected chi connectivity index (χ0v) is 23.0. The predicted octanol–water partition coefficient (Wildman–Crippen LogP) is 3.31. The number of benzene rings is 2. The molecule has 0 saturated carbocycles. The molecule has 1 aromatic heterocycles. The van der Waals surface area contributed by atoms with Crippen LogP contribution in [-0.4, -0.2) is 72.8 Å². The Hall–Kier alpha value is -3.61. The fourth-order valence-corrected chi connectivity index (χ4v) is 7.08. The topological polar surface area (TPSA) is 82.8 Å². The molecule has 7 rings (SSSR count). The van der Waals surface area contributed by atoms with Crippen molar-refractivity contribution in [2.75, 3.05) is 55.4 Å². The van der Waals surface area contributed by atoms with Gasteiger partial charge in [-0.05, 0) is 69.3 Å². The van der Waals surface area contributed by atoms with E-state index in [1.807, 2.05) is 12.1 Å². The minimum Gasteiger partial charge on any atom is -0.462 e. The molecule has 3 saturated heterocycles. The predicted molar refractivity (Wildman–Crippen MR) is 156 cm³/mol. The van der Waals surface area contributed by atoms with Gasteiger partial charge in [0.15, 0.2) is 0 Å². The third-order valence-electron chi connectivity index (χ3n) is 9.17. The van der Waals surface area contributed by atoms with Crippen molar-refractivity contribution >= 4 is 28.0 Å². The van der Waals surface area contributed by atoms with Gasteiger partial charge in [-0.15, -0.1) is 6.42 Å². The summed E-state index contributed by atoms with van der Waals surface area (Å²) in [7, 11) is 2.15. The van der Waals surface area contributed by atoms with Crippen LogP contribution in [0.25, 0.3) is 10.8 Å². The maximum Gasteiger partial charge on any atom is 0.318 e. The molecule has 3 fully saturated rings. The Morgan fingerprint density at radius 3 is 2.70 bits per heavy atom. The molecule has 208 valence electrons. The smallest absolute Gasteiger partial charge is 0.318 e. The SMILES string of the molecule is C#Cc1c(F)ccc2cc(N)cc(N3CCc4c(nc(OC[C@@H]5CCCN5C)nc4N4CC5CCC(C4)N5)C3)c12. The number of piperazine rings is 1. The van der Waals surface area contributed by atoms with Crippen LogP contribution in [0.15, 0.2) is 24.3 Å². The van der Waals surface area contributed by atoms with E-state index in [9.17, 15) is 4.39 Å². The molecule has 5 heterocycles. The van der Waals surface area contributed by atoms with E-state index in [1.54, 1.807) is 6.07 Å². The van der Waals surface area contributed by atoms with Crippen LogP contribution in [0.3, 0.4) is 0 Å². The Morgan fingerprint density at radius 2 is 1.95 bits per heavy atom. The standard InChI is InChI=1S/C31H36FN7O/c1-3-24-26(32)9-6-19-13-20(33)14-28(29(19)24)38-12-10-25-27(17-38)35-31(40-18-23-5-4-11-37(23)2)36-30(25)39-15-21-7-8-22(16-39)34-21/h1,6,9,13-14,21-23,34H,4-5,7-8,10-12,15-18,33H2,2H3/t21?,22?,23-/m0/s1. The van der Waals surface area contributed by atoms with Crippen LogP contribution in [-0.2, 0) is 13.0 Å². The molecule has 3 atom stereocenters. The fraction of sp³-hybridized carbons (Fsp3) is 0.484. The number of anilines is 3. The Labute approximate surface area is 234 Å². The van der Waals surface area contributed by atoms with E-state index in [-0.39, 0.29) is 5.56 Å². The van der Waals surface area contributed by atoms with Gasteiger partial charge in [0.05, 0.1) is 17.8 Å². The lowest BCUT2D eigenvalue weighted by atomic mass is 9.98. The summed E-state index contributed by atoms with van der Waals surface area (Å²) in [4.78, 5) is 17.0. The average molecular weight is 542 g/mol. The second-order valence-corrected chi connectivity index (χ2v) is 11.8. The van der Waals surface area contributed by atoms with Gasteiger partial charge in [-0.1, -0.05) is 12.0 Å². The van der Waals surface area contributed by atoms with E-state index < -0.39 is 5.82 Å². The maximum absolute atomic E-state index is 14.8. The van der Waals surface area contributed by atoms with Crippen molar-refractivity contribution in [3.8, 4) is 18.4 Å². The first-order chi connectivity index (χ1) is 19.5. The summed E-state index contributed by atoms with van der Waals surface area (Å²) in [5, 5.41) is 5.28. The number of halogens is 1. The molecule has 2 unspecified atom stereocenters. The number of nitrogens with zero attached hydrogens (tertiary/aromatic N) is 5. The van der Waals surface area contributed by atoms with Crippen LogP contribution < -0.4 is 25.6 Å². The number of hydrogen-bond donors (Lipinski definition) is 2. The molecule has 2 aromatic carbocycles. The highest BCUT2D eigenvalue weighted by molar-refractivity contribution is 6.01. The lowest BCUT2D eigenvalue weighted by molar-refractivity contribution is 0.187. The second-order valence-electron chi connectivity index (χ2n) is 11.8. The number of ether oxygens (including phenoxy) is 1. The number of rotatable bonds is 5. The first-order valence-electron chi connectivity index (χ1n) is 14.4. The van der Waals surface area contributed by atoms with Crippen LogP contribution in [0.5, 0.6) is 6.01 Å². The first kappa shape index (κ1) is 25.4. The highest BCUT2D eigenvalue weighted by atomic mass is 19.1. The average Bonchev–Trinajstić information content (AvgIpc) is 3.53. The molecular weight excluding hydrogens is 505 g/mol. The monoisotopic (exact) mass is 541 g/mol.